The number of amides is 1. The highest BCUT2D eigenvalue weighted by Crippen LogP contribution is 2.27. The van der Waals surface area contributed by atoms with Gasteiger partial charge in [-0.05, 0) is 41.6 Å². The van der Waals surface area contributed by atoms with Crippen molar-refractivity contribution in [2.75, 3.05) is 5.32 Å². The first-order valence-corrected chi connectivity index (χ1v) is 8.59. The molecule has 0 aliphatic rings. The Morgan fingerprint density at radius 2 is 2.07 bits per heavy atom. The smallest absolute Gasteiger partial charge is 0.292 e. The number of tetrazole rings is 1. The van der Waals surface area contributed by atoms with E-state index in [2.05, 4.69) is 20.8 Å². The molecule has 0 spiro atoms. The fourth-order valence-electron chi connectivity index (χ4n) is 2.21. The van der Waals surface area contributed by atoms with Crippen molar-refractivity contribution in [2.24, 2.45) is 0 Å². The van der Waals surface area contributed by atoms with Crippen molar-refractivity contribution in [3.05, 3.63) is 64.5 Å². The van der Waals surface area contributed by atoms with Crippen LogP contribution >= 0.6 is 11.8 Å². The Labute approximate surface area is 156 Å². The predicted molar refractivity (Wildman–Crippen MR) is 96.2 cm³/mol. The number of nitrogens with zero attached hydrogens (tertiary/aromatic N) is 5. The number of anilines is 1. The van der Waals surface area contributed by atoms with E-state index in [1.165, 1.54) is 41.1 Å². The van der Waals surface area contributed by atoms with Gasteiger partial charge in [-0.2, -0.15) is 4.68 Å². The van der Waals surface area contributed by atoms with Gasteiger partial charge in [0.15, 0.2) is 0 Å². The number of halogens is 1. The molecule has 1 atom stereocenters. The van der Waals surface area contributed by atoms with Gasteiger partial charge in [0.25, 0.3) is 5.69 Å². The molecule has 1 amide bonds. The number of aromatic nitrogens is 4. The Bertz CT molecular complexity index is 996. The summed E-state index contributed by atoms with van der Waals surface area (Å²) in [4.78, 5) is 22.9. The zero-order valence-corrected chi connectivity index (χ0v) is 14.8. The van der Waals surface area contributed by atoms with Crippen molar-refractivity contribution < 1.29 is 14.1 Å². The molecule has 138 valence electrons. The minimum Gasteiger partial charge on any atom is -0.319 e. The summed E-state index contributed by atoms with van der Waals surface area (Å²) in [5, 5.41) is 24.4. The number of rotatable bonds is 6. The molecule has 0 unspecified atom stereocenters. The number of hydrogen-bond donors (Lipinski definition) is 1. The van der Waals surface area contributed by atoms with Gasteiger partial charge in [-0.25, -0.2) is 4.39 Å². The minimum absolute atomic E-state index is 0.102. The summed E-state index contributed by atoms with van der Waals surface area (Å²) in [5.41, 5.74) is 0.311. The standard InChI is InChI=1S/C16H13FN6O3S/c1-10(15(24)18-13-7-2-3-8-14(13)23(25)26)27-16-19-20-21-22(16)12-6-4-5-11(17)9-12/h2-10H,1H3,(H,18,24)/t10-/m0/s1. The van der Waals surface area contributed by atoms with Crippen molar-refractivity contribution in [1.29, 1.82) is 0 Å². The van der Waals surface area contributed by atoms with E-state index in [0.717, 1.165) is 11.8 Å². The molecule has 11 heteroatoms. The molecular formula is C16H13FN6O3S. The maximum absolute atomic E-state index is 13.4. The third-order valence-electron chi connectivity index (χ3n) is 3.50. The summed E-state index contributed by atoms with van der Waals surface area (Å²) >= 11 is 1.04. The fraction of sp³-hybridized carbons (Fsp3) is 0.125. The van der Waals surface area contributed by atoms with Crippen molar-refractivity contribution in [2.45, 2.75) is 17.3 Å². The lowest BCUT2D eigenvalue weighted by atomic mass is 10.2. The Kier molecular flexibility index (Phi) is 5.41. The van der Waals surface area contributed by atoms with E-state index >= 15 is 0 Å². The molecule has 0 fully saturated rings. The Morgan fingerprint density at radius 1 is 1.30 bits per heavy atom. The monoisotopic (exact) mass is 388 g/mol. The zero-order valence-electron chi connectivity index (χ0n) is 13.9. The van der Waals surface area contributed by atoms with Crippen LogP contribution < -0.4 is 5.32 Å². The van der Waals surface area contributed by atoms with Crippen LogP contribution in [0.4, 0.5) is 15.8 Å². The number of nitro benzene ring substituents is 1. The highest BCUT2D eigenvalue weighted by Gasteiger charge is 2.22. The van der Waals surface area contributed by atoms with Gasteiger partial charge in [0.2, 0.25) is 11.1 Å². The van der Waals surface area contributed by atoms with Gasteiger partial charge in [-0.15, -0.1) is 5.10 Å². The van der Waals surface area contributed by atoms with Crippen LogP contribution in [0.3, 0.4) is 0 Å². The first-order chi connectivity index (χ1) is 13.0. The Hall–Kier alpha value is -3.34. The topological polar surface area (TPSA) is 116 Å². The summed E-state index contributed by atoms with van der Waals surface area (Å²) < 4.78 is 14.7. The first-order valence-electron chi connectivity index (χ1n) is 7.71. The first kappa shape index (κ1) is 18.5. The highest BCUT2D eigenvalue weighted by atomic mass is 32.2. The van der Waals surface area contributed by atoms with Crippen LogP contribution in [-0.4, -0.2) is 36.3 Å². The second kappa shape index (κ2) is 7.91. The summed E-state index contributed by atoms with van der Waals surface area (Å²) in [6.45, 7) is 1.61. The van der Waals surface area contributed by atoms with Gasteiger partial charge in [0, 0.05) is 6.07 Å². The lowest BCUT2D eigenvalue weighted by Gasteiger charge is -2.12. The number of para-hydroxylation sites is 2. The number of thioether (sulfide) groups is 1. The molecule has 0 bridgehead atoms. The molecule has 9 nitrogen and oxygen atoms in total. The van der Waals surface area contributed by atoms with E-state index in [4.69, 9.17) is 0 Å². The van der Waals surface area contributed by atoms with E-state index in [9.17, 15) is 19.3 Å². The largest absolute Gasteiger partial charge is 0.319 e. The van der Waals surface area contributed by atoms with Crippen molar-refractivity contribution >= 4 is 29.0 Å². The van der Waals surface area contributed by atoms with Crippen LogP contribution in [-0.2, 0) is 4.79 Å². The van der Waals surface area contributed by atoms with Gasteiger partial charge in [0.05, 0.1) is 15.9 Å². The van der Waals surface area contributed by atoms with Crippen LogP contribution in [0.25, 0.3) is 5.69 Å². The van der Waals surface area contributed by atoms with Crippen molar-refractivity contribution in [3.8, 4) is 5.69 Å². The van der Waals surface area contributed by atoms with Crippen LogP contribution in [0.2, 0.25) is 0 Å². The number of nitrogens with one attached hydrogen (secondary N) is 1. The van der Waals surface area contributed by atoms with E-state index in [-0.39, 0.29) is 16.5 Å². The van der Waals surface area contributed by atoms with E-state index in [0.29, 0.717) is 5.69 Å². The summed E-state index contributed by atoms with van der Waals surface area (Å²) in [6.07, 6.45) is 0. The molecule has 2 aromatic carbocycles. The van der Waals surface area contributed by atoms with E-state index in [1.54, 1.807) is 19.1 Å². The van der Waals surface area contributed by atoms with E-state index in [1.807, 2.05) is 0 Å². The van der Waals surface area contributed by atoms with Crippen molar-refractivity contribution in [3.63, 3.8) is 0 Å². The van der Waals surface area contributed by atoms with Crippen LogP contribution in [0.1, 0.15) is 6.92 Å². The quantitative estimate of drug-likeness (QED) is 0.392. The zero-order chi connectivity index (χ0) is 19.4. The average Bonchev–Trinajstić information content (AvgIpc) is 3.10. The van der Waals surface area contributed by atoms with E-state index < -0.39 is 21.9 Å². The predicted octanol–water partition coefficient (Wildman–Crippen LogP) is 2.83. The molecule has 0 aliphatic carbocycles. The van der Waals surface area contributed by atoms with Crippen LogP contribution in [0.15, 0.2) is 53.7 Å². The van der Waals surface area contributed by atoms with Crippen molar-refractivity contribution in [1.82, 2.24) is 20.2 Å². The maximum Gasteiger partial charge on any atom is 0.292 e. The summed E-state index contributed by atoms with van der Waals surface area (Å²) in [5.74, 6) is -0.899. The maximum atomic E-state index is 13.4. The molecule has 0 saturated heterocycles. The molecule has 3 aromatic rings. The lowest BCUT2D eigenvalue weighted by molar-refractivity contribution is -0.383. The van der Waals surface area contributed by atoms with Gasteiger partial charge in [-0.3, -0.25) is 14.9 Å². The fourth-order valence-corrected chi connectivity index (χ4v) is 3.01. The number of carbonyl (C=O) groups is 1. The van der Waals surface area contributed by atoms with Gasteiger partial charge >= 0.3 is 0 Å². The molecule has 1 aromatic heterocycles. The minimum atomic E-state index is -0.664. The van der Waals surface area contributed by atoms with Crippen LogP contribution in [0.5, 0.6) is 0 Å². The highest BCUT2D eigenvalue weighted by molar-refractivity contribution is 8.00. The molecule has 27 heavy (non-hydrogen) atoms. The summed E-state index contributed by atoms with van der Waals surface area (Å²) in [7, 11) is 0. The Morgan fingerprint density at radius 3 is 2.81 bits per heavy atom. The molecule has 1 N–H and O–H groups in total. The number of benzene rings is 2. The number of hydrogen-bond acceptors (Lipinski definition) is 7. The molecule has 1 heterocycles. The van der Waals surface area contributed by atoms with Crippen LogP contribution in [0, 0.1) is 15.9 Å². The molecule has 3 rings (SSSR count). The Balaban J connectivity index is 1.75. The SMILES string of the molecule is C[C@H](Sc1nnnn1-c1cccc(F)c1)C(=O)Nc1ccccc1[N+](=O)[O-]. The number of carbonyl (C=O) groups excluding carboxylic acids is 1. The normalized spacial score (nSPS) is 11.8. The third kappa shape index (κ3) is 4.26. The second-order valence-electron chi connectivity index (χ2n) is 5.38. The molecule has 0 radical (unpaired) electrons. The average molecular weight is 388 g/mol. The third-order valence-corrected chi connectivity index (χ3v) is 4.54. The molecule has 0 aliphatic heterocycles. The lowest BCUT2D eigenvalue weighted by Crippen LogP contribution is -2.23. The van der Waals surface area contributed by atoms with Gasteiger partial charge in [-0.1, -0.05) is 30.0 Å². The molecular weight excluding hydrogens is 375 g/mol. The van der Waals surface area contributed by atoms with Gasteiger partial charge in [0.1, 0.15) is 11.5 Å². The van der Waals surface area contributed by atoms with Gasteiger partial charge < -0.3 is 5.32 Å². The number of nitro groups is 1. The summed E-state index contributed by atoms with van der Waals surface area (Å²) in [6, 6.07) is 11.6. The second-order valence-corrected chi connectivity index (χ2v) is 6.68. The molecule has 0 saturated carbocycles.